The Labute approximate surface area is 84.6 Å². The number of nitrogens with two attached hydrogens (primary N) is 1. The Morgan fingerprint density at radius 3 is 2.57 bits per heavy atom. The predicted molar refractivity (Wildman–Crippen MR) is 59.2 cm³/mol. The van der Waals surface area contributed by atoms with Crippen LogP contribution in [-0.4, -0.2) is 4.57 Å². The largest absolute Gasteiger partial charge is 0.394 e. The van der Waals surface area contributed by atoms with Crippen LogP contribution in [0.5, 0.6) is 0 Å². The number of hydrogen-bond acceptors (Lipinski definition) is 2. The van der Waals surface area contributed by atoms with Gasteiger partial charge in [0.15, 0.2) is 0 Å². The highest BCUT2D eigenvalue weighted by molar-refractivity contribution is 5.33. The molecule has 1 rings (SSSR count). The molecule has 2 N–H and O–H groups in total. The molecule has 0 aromatic carbocycles. The van der Waals surface area contributed by atoms with E-state index in [-0.39, 0.29) is 5.43 Å². The molecule has 78 valence electrons. The van der Waals surface area contributed by atoms with E-state index in [9.17, 15) is 4.79 Å². The molecule has 0 fully saturated rings. The van der Waals surface area contributed by atoms with Gasteiger partial charge in [-0.2, -0.15) is 0 Å². The maximum absolute atomic E-state index is 11.1. The van der Waals surface area contributed by atoms with Crippen LogP contribution in [-0.2, 0) is 6.54 Å². The molecule has 0 aliphatic heterocycles. The van der Waals surface area contributed by atoms with Crippen molar-refractivity contribution >= 4 is 5.69 Å². The fraction of sp³-hybridized carbons (Fsp3) is 0.545. The summed E-state index contributed by atoms with van der Waals surface area (Å²) in [5.41, 5.74) is 5.79. The first kappa shape index (κ1) is 10.8. The first-order valence-electron chi connectivity index (χ1n) is 5.13. The van der Waals surface area contributed by atoms with Crippen molar-refractivity contribution in [2.75, 3.05) is 5.73 Å². The summed E-state index contributed by atoms with van der Waals surface area (Å²) in [6, 6.07) is 1.53. The summed E-state index contributed by atoms with van der Waals surface area (Å²) in [4.78, 5) is 11.1. The maximum Gasteiger partial charge on any atom is 0.204 e. The van der Waals surface area contributed by atoms with Gasteiger partial charge >= 0.3 is 0 Å². The zero-order valence-corrected chi connectivity index (χ0v) is 8.86. The van der Waals surface area contributed by atoms with Crippen LogP contribution in [0.25, 0.3) is 0 Å². The van der Waals surface area contributed by atoms with Gasteiger partial charge in [0, 0.05) is 25.0 Å². The lowest BCUT2D eigenvalue weighted by molar-refractivity contribution is 0.417. The minimum Gasteiger partial charge on any atom is -0.394 e. The minimum absolute atomic E-state index is 0.0919. The number of aromatic nitrogens is 1. The van der Waals surface area contributed by atoms with Crippen molar-refractivity contribution in [1.29, 1.82) is 0 Å². The van der Waals surface area contributed by atoms with Gasteiger partial charge in [-0.3, -0.25) is 4.79 Å². The molecule has 0 aliphatic rings. The molecule has 1 heterocycles. The summed E-state index contributed by atoms with van der Waals surface area (Å²) >= 11 is 0. The Hall–Kier alpha value is -1.25. The number of rotatable bonds is 4. The molecule has 1 aromatic rings. The zero-order valence-electron chi connectivity index (χ0n) is 8.86. The van der Waals surface area contributed by atoms with Crippen molar-refractivity contribution in [2.45, 2.75) is 33.2 Å². The van der Waals surface area contributed by atoms with E-state index >= 15 is 0 Å². The summed E-state index contributed by atoms with van der Waals surface area (Å²) in [5.74, 6) is 0.664. The van der Waals surface area contributed by atoms with E-state index in [4.69, 9.17) is 5.73 Å². The molecule has 0 bridgehead atoms. The first-order chi connectivity index (χ1) is 6.67. The van der Waals surface area contributed by atoms with Crippen molar-refractivity contribution < 1.29 is 0 Å². The number of hydrogen-bond donors (Lipinski definition) is 1. The van der Waals surface area contributed by atoms with Crippen molar-refractivity contribution in [3.05, 3.63) is 28.7 Å². The summed E-state index contributed by atoms with van der Waals surface area (Å²) in [6.45, 7) is 5.30. The second-order valence-corrected chi connectivity index (χ2v) is 3.64. The van der Waals surface area contributed by atoms with E-state index in [1.54, 1.807) is 12.4 Å². The van der Waals surface area contributed by atoms with Crippen molar-refractivity contribution in [3.8, 4) is 0 Å². The monoisotopic (exact) mass is 194 g/mol. The van der Waals surface area contributed by atoms with Gasteiger partial charge in [-0.1, -0.05) is 26.7 Å². The van der Waals surface area contributed by atoms with Crippen molar-refractivity contribution in [1.82, 2.24) is 4.57 Å². The molecule has 0 radical (unpaired) electrons. The summed E-state index contributed by atoms with van der Waals surface area (Å²) in [6.07, 6.45) is 5.84. The van der Waals surface area contributed by atoms with Gasteiger partial charge in [0.2, 0.25) is 5.43 Å². The second-order valence-electron chi connectivity index (χ2n) is 3.64. The molecule has 1 aromatic heterocycles. The van der Waals surface area contributed by atoms with Gasteiger partial charge in [-0.05, 0) is 5.92 Å². The quantitative estimate of drug-likeness (QED) is 0.795. The predicted octanol–water partition coefficient (Wildman–Crippen LogP) is 1.87. The van der Waals surface area contributed by atoms with Crippen molar-refractivity contribution in [2.24, 2.45) is 5.92 Å². The summed E-state index contributed by atoms with van der Waals surface area (Å²) in [5, 5.41) is 0. The molecule has 3 nitrogen and oxygen atoms in total. The third-order valence-electron chi connectivity index (χ3n) is 2.63. The maximum atomic E-state index is 11.1. The van der Waals surface area contributed by atoms with Crippen LogP contribution in [0.3, 0.4) is 0 Å². The lowest BCUT2D eigenvalue weighted by Crippen LogP contribution is -2.14. The number of nitrogen functional groups attached to an aromatic ring is 1. The van der Waals surface area contributed by atoms with E-state index in [1.165, 1.54) is 6.07 Å². The lowest BCUT2D eigenvalue weighted by atomic mass is 10.0. The second kappa shape index (κ2) is 4.84. The number of pyridine rings is 1. The minimum atomic E-state index is -0.0919. The Kier molecular flexibility index (Phi) is 3.74. The van der Waals surface area contributed by atoms with Crippen LogP contribution in [0.4, 0.5) is 5.69 Å². The van der Waals surface area contributed by atoms with Gasteiger partial charge in [0.1, 0.15) is 0 Å². The number of nitrogens with zero attached hydrogens (tertiary/aromatic N) is 1. The zero-order chi connectivity index (χ0) is 10.6. The Morgan fingerprint density at radius 1 is 1.43 bits per heavy atom. The average Bonchev–Trinajstić information content (AvgIpc) is 2.19. The lowest BCUT2D eigenvalue weighted by Gasteiger charge is -2.14. The molecule has 0 saturated carbocycles. The van der Waals surface area contributed by atoms with Gasteiger partial charge in [-0.15, -0.1) is 0 Å². The molecular formula is C11H18N2O. The smallest absolute Gasteiger partial charge is 0.204 e. The van der Waals surface area contributed by atoms with Crippen LogP contribution in [0, 0.1) is 5.92 Å². The van der Waals surface area contributed by atoms with Gasteiger partial charge in [0.05, 0.1) is 5.69 Å². The van der Waals surface area contributed by atoms with Gasteiger partial charge in [-0.25, -0.2) is 0 Å². The molecule has 0 aliphatic carbocycles. The van der Waals surface area contributed by atoms with E-state index < -0.39 is 0 Å². The SMILES string of the molecule is CCC(CC)Cn1ccc(=O)c(N)c1. The molecule has 14 heavy (non-hydrogen) atoms. The molecule has 0 spiro atoms. The third kappa shape index (κ3) is 2.62. The van der Waals surface area contributed by atoms with E-state index in [0.717, 1.165) is 19.4 Å². The fourth-order valence-electron chi connectivity index (χ4n) is 1.50. The molecular weight excluding hydrogens is 176 g/mol. The Morgan fingerprint density at radius 2 is 2.07 bits per heavy atom. The van der Waals surface area contributed by atoms with E-state index in [1.807, 2.05) is 4.57 Å². The van der Waals surface area contributed by atoms with Gasteiger partial charge in [0.25, 0.3) is 0 Å². The van der Waals surface area contributed by atoms with Crippen LogP contribution in [0.1, 0.15) is 26.7 Å². The van der Waals surface area contributed by atoms with Crippen LogP contribution in [0.15, 0.2) is 23.3 Å². The summed E-state index contributed by atoms with van der Waals surface area (Å²) in [7, 11) is 0. The Bertz CT molecular complexity index is 339. The molecule has 0 atom stereocenters. The highest BCUT2D eigenvalue weighted by Gasteiger charge is 2.04. The van der Waals surface area contributed by atoms with Crippen LogP contribution in [0.2, 0.25) is 0 Å². The summed E-state index contributed by atoms with van der Waals surface area (Å²) < 4.78 is 1.99. The van der Waals surface area contributed by atoms with E-state index in [2.05, 4.69) is 13.8 Å². The molecule has 0 amide bonds. The van der Waals surface area contributed by atoms with Gasteiger partial charge < -0.3 is 10.3 Å². The van der Waals surface area contributed by atoms with Crippen molar-refractivity contribution in [3.63, 3.8) is 0 Å². The average molecular weight is 194 g/mol. The van der Waals surface area contributed by atoms with E-state index in [0.29, 0.717) is 11.6 Å². The molecule has 3 heteroatoms. The molecule has 0 unspecified atom stereocenters. The highest BCUT2D eigenvalue weighted by Crippen LogP contribution is 2.10. The Balaban J connectivity index is 2.77. The number of anilines is 1. The third-order valence-corrected chi connectivity index (χ3v) is 2.63. The van der Waals surface area contributed by atoms with Crippen LogP contribution >= 0.6 is 0 Å². The highest BCUT2D eigenvalue weighted by atomic mass is 16.1. The standard InChI is InChI=1S/C11H18N2O/c1-3-9(4-2)7-13-6-5-11(14)10(12)8-13/h5-6,8-9H,3-4,7,12H2,1-2H3. The normalized spacial score (nSPS) is 10.8. The van der Waals surface area contributed by atoms with Crippen LogP contribution < -0.4 is 11.2 Å². The molecule has 0 saturated heterocycles. The topological polar surface area (TPSA) is 48.0 Å². The first-order valence-corrected chi connectivity index (χ1v) is 5.13. The fourth-order valence-corrected chi connectivity index (χ4v) is 1.50.